The first kappa shape index (κ1) is 13.2. The number of benzene rings is 1. The molecule has 108 valence electrons. The van der Waals surface area contributed by atoms with Crippen LogP contribution in [0.4, 0.5) is 0 Å². The molecule has 0 atom stereocenters. The normalized spacial score (nSPS) is 11.0. The monoisotopic (exact) mass is 286 g/mol. The molecule has 7 nitrogen and oxygen atoms in total. The van der Waals surface area contributed by atoms with Gasteiger partial charge in [0.05, 0.1) is 12.8 Å². The highest BCUT2D eigenvalue weighted by Gasteiger charge is 2.16. The Morgan fingerprint density at radius 1 is 1.10 bits per heavy atom. The molecule has 0 amide bonds. The molecule has 0 bridgehead atoms. The zero-order chi connectivity index (χ0) is 15.1. The van der Waals surface area contributed by atoms with E-state index in [2.05, 4.69) is 10.2 Å². The molecule has 2 heterocycles. The summed E-state index contributed by atoms with van der Waals surface area (Å²) in [6.45, 7) is 0. The van der Waals surface area contributed by atoms with Gasteiger partial charge in [0.2, 0.25) is 0 Å². The molecular weight excluding hydrogens is 272 g/mol. The molecule has 0 saturated heterocycles. The third-order valence-corrected chi connectivity index (χ3v) is 3.54. The van der Waals surface area contributed by atoms with Gasteiger partial charge in [-0.2, -0.15) is 5.10 Å². The maximum absolute atomic E-state index is 12.3. The van der Waals surface area contributed by atoms with Crippen molar-refractivity contribution in [3.63, 3.8) is 0 Å². The number of fused-ring (bicyclic) bond motifs is 1. The molecule has 2 aromatic heterocycles. The molecular formula is C14H14N4O3. The second kappa shape index (κ2) is 4.62. The summed E-state index contributed by atoms with van der Waals surface area (Å²) in [7, 11) is 4.63. The molecule has 0 radical (unpaired) electrons. The van der Waals surface area contributed by atoms with Crippen LogP contribution in [0.15, 0.2) is 33.9 Å². The van der Waals surface area contributed by atoms with Gasteiger partial charge < -0.3 is 4.74 Å². The maximum Gasteiger partial charge on any atom is 0.332 e. The fraction of sp³-hybridized carbons (Fsp3) is 0.214. The summed E-state index contributed by atoms with van der Waals surface area (Å²) in [5.74, 6) is 0.725. The van der Waals surface area contributed by atoms with Crippen molar-refractivity contribution in [2.24, 2.45) is 14.1 Å². The van der Waals surface area contributed by atoms with Crippen LogP contribution in [-0.4, -0.2) is 26.4 Å². The lowest BCUT2D eigenvalue weighted by atomic mass is 10.1. The largest absolute Gasteiger partial charge is 0.497 e. The number of H-pyrrole nitrogens is 1. The van der Waals surface area contributed by atoms with Crippen LogP contribution >= 0.6 is 0 Å². The first-order chi connectivity index (χ1) is 10.0. The van der Waals surface area contributed by atoms with Crippen molar-refractivity contribution in [2.75, 3.05) is 7.11 Å². The number of nitrogens with one attached hydrogen (secondary N) is 1. The first-order valence-corrected chi connectivity index (χ1v) is 6.33. The Bertz CT molecular complexity index is 932. The van der Waals surface area contributed by atoms with E-state index in [-0.39, 0.29) is 5.56 Å². The van der Waals surface area contributed by atoms with E-state index >= 15 is 0 Å². The third-order valence-electron chi connectivity index (χ3n) is 3.54. The standard InChI is InChI=1S/C14H14N4O3/c1-17-12-10(13(19)18(2)14(17)20)11(15-16-12)8-4-6-9(21-3)7-5-8/h4-7H,1-3H3,(H,15,16). The molecule has 0 aliphatic carbocycles. The van der Waals surface area contributed by atoms with E-state index in [9.17, 15) is 9.59 Å². The fourth-order valence-electron chi connectivity index (χ4n) is 2.31. The Balaban J connectivity index is 2.34. The van der Waals surface area contributed by atoms with Crippen LogP contribution in [0.2, 0.25) is 0 Å². The summed E-state index contributed by atoms with van der Waals surface area (Å²) in [6.07, 6.45) is 0. The molecule has 0 aliphatic rings. The number of aromatic amines is 1. The van der Waals surface area contributed by atoms with Crippen molar-refractivity contribution < 1.29 is 4.74 Å². The maximum atomic E-state index is 12.3. The van der Waals surface area contributed by atoms with Gasteiger partial charge >= 0.3 is 5.69 Å². The number of aryl methyl sites for hydroxylation is 1. The third kappa shape index (κ3) is 1.85. The van der Waals surface area contributed by atoms with Gasteiger partial charge in [0.25, 0.3) is 5.56 Å². The van der Waals surface area contributed by atoms with Crippen molar-refractivity contribution in [1.29, 1.82) is 0 Å². The Morgan fingerprint density at radius 3 is 2.38 bits per heavy atom. The quantitative estimate of drug-likeness (QED) is 0.749. The molecule has 0 aliphatic heterocycles. The van der Waals surface area contributed by atoms with Crippen LogP contribution < -0.4 is 16.0 Å². The number of methoxy groups -OCH3 is 1. The Kier molecular flexibility index (Phi) is 2.90. The molecule has 3 rings (SSSR count). The minimum Gasteiger partial charge on any atom is -0.497 e. The van der Waals surface area contributed by atoms with E-state index < -0.39 is 5.69 Å². The van der Waals surface area contributed by atoms with E-state index in [0.29, 0.717) is 16.7 Å². The van der Waals surface area contributed by atoms with Gasteiger partial charge in [0.1, 0.15) is 11.1 Å². The molecule has 0 spiro atoms. The minimum atomic E-state index is -0.403. The molecule has 21 heavy (non-hydrogen) atoms. The van der Waals surface area contributed by atoms with Gasteiger partial charge in [0, 0.05) is 19.7 Å². The van der Waals surface area contributed by atoms with Crippen LogP contribution in [0.25, 0.3) is 22.3 Å². The summed E-state index contributed by atoms with van der Waals surface area (Å²) in [6, 6.07) is 7.26. The van der Waals surface area contributed by atoms with Crippen molar-refractivity contribution in [2.45, 2.75) is 0 Å². The molecule has 1 N–H and O–H groups in total. The number of ether oxygens (including phenoxy) is 1. The van der Waals surface area contributed by atoms with Crippen molar-refractivity contribution in [3.05, 3.63) is 45.1 Å². The second-order valence-corrected chi connectivity index (χ2v) is 4.73. The zero-order valence-electron chi connectivity index (χ0n) is 11.9. The van der Waals surface area contributed by atoms with E-state index in [1.807, 2.05) is 12.1 Å². The van der Waals surface area contributed by atoms with Gasteiger partial charge in [-0.1, -0.05) is 0 Å². The topological polar surface area (TPSA) is 81.9 Å². The Labute approximate surface area is 119 Å². The van der Waals surface area contributed by atoms with Crippen molar-refractivity contribution in [3.8, 4) is 17.0 Å². The van der Waals surface area contributed by atoms with Crippen LogP contribution in [0.5, 0.6) is 5.75 Å². The van der Waals surface area contributed by atoms with Gasteiger partial charge in [0.15, 0.2) is 5.65 Å². The van der Waals surface area contributed by atoms with Gasteiger partial charge in [-0.05, 0) is 24.3 Å². The summed E-state index contributed by atoms with van der Waals surface area (Å²) in [5.41, 5.74) is 0.958. The van der Waals surface area contributed by atoms with Crippen LogP contribution in [-0.2, 0) is 14.1 Å². The number of hydrogen-bond donors (Lipinski definition) is 1. The first-order valence-electron chi connectivity index (χ1n) is 6.33. The van der Waals surface area contributed by atoms with Gasteiger partial charge in [-0.25, -0.2) is 4.79 Å². The summed E-state index contributed by atoms with van der Waals surface area (Å²) in [4.78, 5) is 24.2. The smallest absolute Gasteiger partial charge is 0.332 e. The fourth-order valence-corrected chi connectivity index (χ4v) is 2.31. The van der Waals surface area contributed by atoms with Crippen molar-refractivity contribution >= 4 is 11.0 Å². The highest BCUT2D eigenvalue weighted by atomic mass is 16.5. The van der Waals surface area contributed by atoms with Crippen molar-refractivity contribution in [1.82, 2.24) is 19.3 Å². The van der Waals surface area contributed by atoms with Gasteiger partial charge in [-0.3, -0.25) is 19.0 Å². The highest BCUT2D eigenvalue weighted by Crippen LogP contribution is 2.24. The average molecular weight is 286 g/mol. The number of hydrogen-bond acceptors (Lipinski definition) is 4. The lowest BCUT2D eigenvalue weighted by Gasteiger charge is -2.04. The average Bonchev–Trinajstić information content (AvgIpc) is 2.96. The summed E-state index contributed by atoms with van der Waals surface area (Å²) in [5, 5.41) is 7.33. The van der Waals surface area contributed by atoms with Crippen LogP contribution in [0, 0.1) is 0 Å². The predicted molar refractivity (Wildman–Crippen MR) is 78.6 cm³/mol. The number of nitrogens with zero attached hydrogens (tertiary/aromatic N) is 3. The lowest BCUT2D eigenvalue weighted by Crippen LogP contribution is -2.36. The molecule has 3 aromatic rings. The molecule has 1 aromatic carbocycles. The molecule has 0 saturated carbocycles. The summed E-state index contributed by atoms with van der Waals surface area (Å²) >= 11 is 0. The highest BCUT2D eigenvalue weighted by molar-refractivity contribution is 5.90. The summed E-state index contributed by atoms with van der Waals surface area (Å²) < 4.78 is 7.54. The van der Waals surface area contributed by atoms with E-state index in [0.717, 1.165) is 15.9 Å². The zero-order valence-corrected chi connectivity index (χ0v) is 11.9. The molecule has 0 unspecified atom stereocenters. The Morgan fingerprint density at radius 2 is 1.76 bits per heavy atom. The SMILES string of the molecule is COc1ccc(-c2[nH]nc3c2c(=O)n(C)c(=O)n3C)cc1. The van der Waals surface area contributed by atoms with E-state index in [4.69, 9.17) is 4.74 Å². The Hall–Kier alpha value is -2.83. The molecule has 0 fully saturated rings. The van der Waals surface area contributed by atoms with Crippen LogP contribution in [0.1, 0.15) is 0 Å². The van der Waals surface area contributed by atoms with Crippen LogP contribution in [0.3, 0.4) is 0 Å². The number of aromatic nitrogens is 4. The van der Waals surface area contributed by atoms with Gasteiger partial charge in [-0.15, -0.1) is 0 Å². The van der Waals surface area contributed by atoms with E-state index in [1.165, 1.54) is 11.6 Å². The lowest BCUT2D eigenvalue weighted by molar-refractivity contribution is 0.415. The van der Waals surface area contributed by atoms with E-state index in [1.54, 1.807) is 26.3 Å². The minimum absolute atomic E-state index is 0.342. The number of rotatable bonds is 2. The predicted octanol–water partition coefficient (Wildman–Crippen LogP) is 0.636. The molecule has 7 heteroatoms. The second-order valence-electron chi connectivity index (χ2n) is 4.73.